The van der Waals surface area contributed by atoms with Gasteiger partial charge < -0.3 is 18.7 Å². The third-order valence-corrected chi connectivity index (χ3v) is 2.31. The number of hydrogen-bond acceptors (Lipinski definition) is 5. The summed E-state index contributed by atoms with van der Waals surface area (Å²) >= 11 is 0. The molecule has 0 aliphatic rings. The smallest absolute Gasteiger partial charge is 0.174 e. The first-order chi connectivity index (χ1) is 8.31. The molecule has 0 amide bonds. The summed E-state index contributed by atoms with van der Waals surface area (Å²) in [4.78, 5) is 3.91. The van der Waals surface area contributed by atoms with Crippen molar-refractivity contribution in [2.75, 3.05) is 0 Å². The van der Waals surface area contributed by atoms with Gasteiger partial charge in [-0.3, -0.25) is 0 Å². The number of fused-ring (bicyclic) bond motifs is 1. The number of benzene rings is 1. The number of oxazole rings is 1. The first-order valence-corrected chi connectivity index (χ1v) is 5.13. The Bertz CT molecular complexity index is 647. The van der Waals surface area contributed by atoms with Gasteiger partial charge in [0.1, 0.15) is 18.8 Å². The summed E-state index contributed by atoms with van der Waals surface area (Å²) in [7, 11) is 0. The molecule has 0 N–H and O–H groups in total. The molecule has 0 unspecified atom stereocenters. The standard InChI is InChI=1S/C12H9N2O3.Y/c1-8-4-10(17-14-8)6-15-9-2-3-11-12(5-9)16-7-13-11;/h2-5H,6H2,1H3;/q-1;. The van der Waals surface area contributed by atoms with Gasteiger partial charge in [-0.2, -0.15) is 0 Å². The molecular formula is C12H9N2O3Y-. The molecule has 0 aliphatic heterocycles. The van der Waals surface area contributed by atoms with Crippen molar-refractivity contribution >= 4 is 11.1 Å². The van der Waals surface area contributed by atoms with Gasteiger partial charge in [0.05, 0.1) is 5.69 Å². The Hall–Kier alpha value is -1.20. The summed E-state index contributed by atoms with van der Waals surface area (Å²) in [5.41, 5.74) is 2.24. The topological polar surface area (TPSA) is 61.3 Å². The predicted molar refractivity (Wildman–Crippen MR) is 58.4 cm³/mol. The van der Waals surface area contributed by atoms with E-state index in [-0.39, 0.29) is 32.7 Å². The van der Waals surface area contributed by atoms with Gasteiger partial charge in [0.25, 0.3) is 0 Å². The number of aryl methyl sites for hydroxylation is 1. The van der Waals surface area contributed by atoms with Gasteiger partial charge >= 0.3 is 0 Å². The molecule has 5 nitrogen and oxygen atoms in total. The maximum absolute atomic E-state index is 5.55. The Kier molecular flexibility index (Phi) is 4.14. The second-order valence-corrected chi connectivity index (χ2v) is 3.66. The van der Waals surface area contributed by atoms with Crippen LogP contribution in [-0.4, -0.2) is 10.1 Å². The number of ether oxygens (including phenoxy) is 1. The predicted octanol–water partition coefficient (Wildman–Crippen LogP) is 2.50. The van der Waals surface area contributed by atoms with E-state index in [0.29, 0.717) is 23.7 Å². The van der Waals surface area contributed by atoms with E-state index in [1.54, 1.807) is 6.07 Å². The molecule has 3 rings (SSSR count). The first kappa shape index (κ1) is 13.2. The van der Waals surface area contributed by atoms with Gasteiger partial charge in [-0.15, -0.1) is 0 Å². The quantitative estimate of drug-likeness (QED) is 0.694. The van der Waals surface area contributed by atoms with Crippen molar-refractivity contribution in [1.29, 1.82) is 0 Å². The Balaban J connectivity index is 0.00000120. The van der Waals surface area contributed by atoms with Crippen LogP contribution in [0.2, 0.25) is 0 Å². The molecule has 0 atom stereocenters. The first-order valence-electron chi connectivity index (χ1n) is 5.13. The van der Waals surface area contributed by atoms with E-state index in [1.807, 2.05) is 25.1 Å². The van der Waals surface area contributed by atoms with E-state index >= 15 is 0 Å². The van der Waals surface area contributed by atoms with Crippen LogP contribution >= 0.6 is 0 Å². The van der Waals surface area contributed by atoms with E-state index in [1.165, 1.54) is 0 Å². The van der Waals surface area contributed by atoms with Crippen LogP contribution in [0.1, 0.15) is 11.5 Å². The third kappa shape index (κ3) is 2.79. The molecule has 0 saturated carbocycles. The van der Waals surface area contributed by atoms with Gasteiger partial charge in [-0.05, 0) is 30.2 Å². The third-order valence-electron chi connectivity index (χ3n) is 2.31. The zero-order valence-electron chi connectivity index (χ0n) is 9.71. The second kappa shape index (κ2) is 5.63. The SMILES string of the molecule is Cc1cc(COc2ccc3n[c-]oc3c2)on1.[Y]. The van der Waals surface area contributed by atoms with Crippen LogP contribution in [0.15, 0.2) is 33.2 Å². The summed E-state index contributed by atoms with van der Waals surface area (Å²) in [6.07, 6.45) is 2.43. The van der Waals surface area contributed by atoms with E-state index in [2.05, 4.69) is 16.5 Å². The van der Waals surface area contributed by atoms with Crippen LogP contribution in [0.25, 0.3) is 11.1 Å². The minimum absolute atomic E-state index is 0. The molecule has 89 valence electrons. The van der Waals surface area contributed by atoms with Gasteiger partial charge in [-0.25, -0.2) is 0 Å². The molecule has 0 bridgehead atoms. The Morgan fingerprint density at radius 1 is 1.33 bits per heavy atom. The average Bonchev–Trinajstić information content (AvgIpc) is 2.94. The van der Waals surface area contributed by atoms with Crippen LogP contribution in [0.5, 0.6) is 5.75 Å². The number of rotatable bonds is 3. The molecule has 0 spiro atoms. The zero-order valence-corrected chi connectivity index (χ0v) is 12.6. The minimum atomic E-state index is 0. The van der Waals surface area contributed by atoms with E-state index in [0.717, 1.165) is 11.2 Å². The van der Waals surface area contributed by atoms with Crippen molar-refractivity contribution in [3.63, 3.8) is 0 Å². The molecular weight excluding hydrogens is 309 g/mol. The molecule has 2 heterocycles. The normalized spacial score (nSPS) is 10.3. The van der Waals surface area contributed by atoms with Gasteiger partial charge in [-0.1, -0.05) is 11.2 Å². The molecule has 0 fully saturated rings. The van der Waals surface area contributed by atoms with E-state index in [4.69, 9.17) is 13.7 Å². The molecule has 1 aromatic carbocycles. The monoisotopic (exact) mass is 318 g/mol. The fraction of sp³-hybridized carbons (Fsp3) is 0.167. The van der Waals surface area contributed by atoms with E-state index in [9.17, 15) is 0 Å². The number of nitrogens with zero attached hydrogens (tertiary/aromatic N) is 2. The summed E-state index contributed by atoms with van der Waals surface area (Å²) in [6, 6.07) is 7.24. The molecule has 1 radical (unpaired) electrons. The van der Waals surface area contributed by atoms with Crippen LogP contribution < -0.4 is 4.74 Å². The van der Waals surface area contributed by atoms with Crippen LogP contribution in [-0.2, 0) is 39.3 Å². The second-order valence-electron chi connectivity index (χ2n) is 3.66. The molecule has 3 aromatic rings. The van der Waals surface area contributed by atoms with Crippen LogP contribution in [0.3, 0.4) is 0 Å². The zero-order chi connectivity index (χ0) is 11.7. The molecule has 2 aromatic heterocycles. The van der Waals surface area contributed by atoms with Gasteiger partial charge in [0.2, 0.25) is 0 Å². The van der Waals surface area contributed by atoms with Crippen molar-refractivity contribution < 1.29 is 46.4 Å². The maximum Gasteiger partial charge on any atom is 0.174 e. The van der Waals surface area contributed by atoms with Crippen LogP contribution in [0.4, 0.5) is 0 Å². The molecule has 6 heteroatoms. The largest absolute Gasteiger partial charge is 0.573 e. The average molecular weight is 318 g/mol. The minimum Gasteiger partial charge on any atom is -0.573 e. The Morgan fingerprint density at radius 3 is 3.00 bits per heavy atom. The van der Waals surface area contributed by atoms with E-state index < -0.39 is 0 Å². The number of hydrogen-bond donors (Lipinski definition) is 0. The van der Waals surface area contributed by atoms with Gasteiger partial charge in [0, 0.05) is 38.8 Å². The summed E-state index contributed by atoms with van der Waals surface area (Å²) in [6.45, 7) is 2.20. The maximum atomic E-state index is 5.55. The Labute approximate surface area is 128 Å². The van der Waals surface area contributed by atoms with Gasteiger partial charge in [0.15, 0.2) is 5.76 Å². The van der Waals surface area contributed by atoms with Crippen molar-refractivity contribution in [2.24, 2.45) is 0 Å². The fourth-order valence-electron chi connectivity index (χ4n) is 1.52. The number of aromatic nitrogens is 2. The van der Waals surface area contributed by atoms with Crippen LogP contribution in [0, 0.1) is 13.3 Å². The molecule has 0 aliphatic carbocycles. The van der Waals surface area contributed by atoms with Crippen molar-refractivity contribution in [3.8, 4) is 5.75 Å². The fourth-order valence-corrected chi connectivity index (χ4v) is 1.52. The molecule has 0 saturated heterocycles. The summed E-state index contributed by atoms with van der Waals surface area (Å²) < 4.78 is 15.7. The summed E-state index contributed by atoms with van der Waals surface area (Å²) in [5, 5.41) is 3.78. The summed E-state index contributed by atoms with van der Waals surface area (Å²) in [5.74, 6) is 1.38. The van der Waals surface area contributed by atoms with Crippen molar-refractivity contribution in [2.45, 2.75) is 13.5 Å². The van der Waals surface area contributed by atoms with Crippen molar-refractivity contribution in [1.82, 2.24) is 10.1 Å². The Morgan fingerprint density at radius 2 is 2.22 bits per heavy atom. The molecule has 18 heavy (non-hydrogen) atoms. The van der Waals surface area contributed by atoms with Crippen molar-refractivity contribution in [3.05, 3.63) is 42.1 Å².